The summed E-state index contributed by atoms with van der Waals surface area (Å²) < 4.78 is 5.33. The molecular formula is C21H30N4O3. The lowest BCUT2D eigenvalue weighted by atomic mass is 9.94. The first-order chi connectivity index (χ1) is 13.5. The Labute approximate surface area is 166 Å². The van der Waals surface area contributed by atoms with Crippen LogP contribution >= 0.6 is 0 Å². The van der Waals surface area contributed by atoms with E-state index in [0.29, 0.717) is 24.4 Å². The van der Waals surface area contributed by atoms with Gasteiger partial charge in [-0.15, -0.1) is 0 Å². The molecule has 2 heterocycles. The van der Waals surface area contributed by atoms with Crippen LogP contribution in [-0.2, 0) is 16.0 Å². The number of urea groups is 1. The molecule has 3 rings (SSSR count). The highest BCUT2D eigenvalue weighted by atomic mass is 16.5. The van der Waals surface area contributed by atoms with Crippen molar-refractivity contribution in [2.45, 2.75) is 26.3 Å². The van der Waals surface area contributed by atoms with Gasteiger partial charge in [-0.3, -0.25) is 4.90 Å². The second kappa shape index (κ2) is 9.21. The minimum absolute atomic E-state index is 0.290. The standard InChI is InChI=1S/C21H30N4O3/c1-4-15-6-8-16(9-7-15)19-18(20(26)28-5-2)17(22-21(27)23-19)14-25-12-10-24(3)11-13-25/h6-9,19H,4-5,10-14H2,1-3H3,(H2,22,23,27). The van der Waals surface area contributed by atoms with Gasteiger partial charge < -0.3 is 20.3 Å². The Morgan fingerprint density at radius 3 is 2.43 bits per heavy atom. The highest BCUT2D eigenvalue weighted by molar-refractivity contribution is 5.95. The number of hydrogen-bond donors (Lipinski definition) is 2. The van der Waals surface area contributed by atoms with Crippen LogP contribution in [0.25, 0.3) is 0 Å². The molecular weight excluding hydrogens is 356 g/mol. The lowest BCUT2D eigenvalue weighted by Crippen LogP contribution is -2.51. The molecule has 1 aromatic carbocycles. The zero-order valence-corrected chi connectivity index (χ0v) is 17.0. The predicted octanol–water partition coefficient (Wildman–Crippen LogP) is 1.67. The summed E-state index contributed by atoms with van der Waals surface area (Å²) in [5, 5.41) is 5.76. The summed E-state index contributed by atoms with van der Waals surface area (Å²) in [5.41, 5.74) is 3.22. The van der Waals surface area contributed by atoms with Crippen LogP contribution in [0.15, 0.2) is 35.5 Å². The van der Waals surface area contributed by atoms with Gasteiger partial charge in [0.05, 0.1) is 18.2 Å². The van der Waals surface area contributed by atoms with Gasteiger partial charge in [-0.2, -0.15) is 0 Å². The third kappa shape index (κ3) is 4.72. The summed E-state index contributed by atoms with van der Waals surface area (Å²) in [6.07, 6.45) is 0.939. The van der Waals surface area contributed by atoms with Gasteiger partial charge in [-0.05, 0) is 31.5 Å². The summed E-state index contributed by atoms with van der Waals surface area (Å²) in [6, 6.07) is 7.21. The van der Waals surface area contributed by atoms with Gasteiger partial charge in [0.15, 0.2) is 0 Å². The minimum atomic E-state index is -0.513. The number of esters is 1. The molecule has 7 nitrogen and oxygen atoms in total. The smallest absolute Gasteiger partial charge is 0.338 e. The molecule has 2 aliphatic heterocycles. The Balaban J connectivity index is 1.93. The number of likely N-dealkylation sites (N-methyl/N-ethyl adjacent to an activating group) is 1. The highest BCUT2D eigenvalue weighted by Gasteiger charge is 2.34. The summed E-state index contributed by atoms with van der Waals surface area (Å²) in [6.45, 7) is 8.44. The molecule has 0 saturated carbocycles. The van der Waals surface area contributed by atoms with Crippen molar-refractivity contribution < 1.29 is 14.3 Å². The maximum Gasteiger partial charge on any atom is 0.338 e. The van der Waals surface area contributed by atoms with Gasteiger partial charge in [-0.1, -0.05) is 31.2 Å². The molecule has 1 fully saturated rings. The van der Waals surface area contributed by atoms with Crippen molar-refractivity contribution in [1.82, 2.24) is 20.4 Å². The van der Waals surface area contributed by atoms with Gasteiger partial charge in [0.1, 0.15) is 0 Å². The number of benzene rings is 1. The molecule has 2 amide bonds. The molecule has 1 aromatic rings. The fourth-order valence-electron chi connectivity index (χ4n) is 3.62. The molecule has 1 atom stereocenters. The van der Waals surface area contributed by atoms with Gasteiger partial charge in [-0.25, -0.2) is 9.59 Å². The Hall–Kier alpha value is -2.38. The average molecular weight is 386 g/mol. The molecule has 152 valence electrons. The van der Waals surface area contributed by atoms with Crippen LogP contribution in [0.5, 0.6) is 0 Å². The average Bonchev–Trinajstić information content (AvgIpc) is 2.69. The molecule has 1 unspecified atom stereocenters. The third-order valence-corrected chi connectivity index (χ3v) is 5.35. The number of carbonyl (C=O) groups is 2. The number of aryl methyl sites for hydroxylation is 1. The van der Waals surface area contributed by atoms with Crippen LogP contribution in [0.3, 0.4) is 0 Å². The quantitative estimate of drug-likeness (QED) is 0.728. The van der Waals surface area contributed by atoms with Gasteiger partial charge in [0, 0.05) is 38.4 Å². The number of rotatable bonds is 6. The minimum Gasteiger partial charge on any atom is -0.463 e. The fourth-order valence-corrected chi connectivity index (χ4v) is 3.62. The molecule has 28 heavy (non-hydrogen) atoms. The van der Waals surface area contributed by atoms with Gasteiger partial charge >= 0.3 is 12.0 Å². The summed E-state index contributed by atoms with van der Waals surface area (Å²) in [5.74, 6) is -0.385. The molecule has 0 spiro atoms. The zero-order valence-electron chi connectivity index (χ0n) is 17.0. The fraction of sp³-hybridized carbons (Fsp3) is 0.524. The maximum atomic E-state index is 12.8. The summed E-state index contributed by atoms with van der Waals surface area (Å²) in [7, 11) is 2.10. The van der Waals surface area contributed by atoms with Crippen molar-refractivity contribution in [3.05, 3.63) is 46.7 Å². The van der Waals surface area contributed by atoms with Crippen molar-refractivity contribution in [1.29, 1.82) is 0 Å². The Morgan fingerprint density at radius 1 is 1.14 bits per heavy atom. The van der Waals surface area contributed by atoms with E-state index in [9.17, 15) is 9.59 Å². The Kier molecular flexibility index (Phi) is 6.70. The first-order valence-electron chi connectivity index (χ1n) is 9.99. The number of ether oxygens (including phenoxy) is 1. The monoisotopic (exact) mass is 386 g/mol. The Bertz CT molecular complexity index is 737. The largest absolute Gasteiger partial charge is 0.463 e. The number of hydrogen-bond acceptors (Lipinski definition) is 5. The van der Waals surface area contributed by atoms with Crippen molar-refractivity contribution >= 4 is 12.0 Å². The van der Waals surface area contributed by atoms with Crippen molar-refractivity contribution in [3.63, 3.8) is 0 Å². The first-order valence-corrected chi connectivity index (χ1v) is 9.99. The number of nitrogens with one attached hydrogen (secondary N) is 2. The van der Waals surface area contributed by atoms with E-state index in [0.717, 1.165) is 38.2 Å². The summed E-state index contributed by atoms with van der Waals surface area (Å²) in [4.78, 5) is 29.7. The van der Waals surface area contributed by atoms with Crippen LogP contribution in [0.1, 0.15) is 31.0 Å². The van der Waals surface area contributed by atoms with E-state index in [4.69, 9.17) is 4.74 Å². The van der Waals surface area contributed by atoms with Crippen molar-refractivity contribution in [2.24, 2.45) is 0 Å². The molecule has 0 bridgehead atoms. The zero-order chi connectivity index (χ0) is 20.1. The van der Waals surface area contributed by atoms with Crippen LogP contribution < -0.4 is 10.6 Å². The summed E-state index contributed by atoms with van der Waals surface area (Å²) >= 11 is 0. The van der Waals surface area contributed by atoms with E-state index in [-0.39, 0.29) is 12.0 Å². The molecule has 0 aromatic heterocycles. The molecule has 7 heteroatoms. The van der Waals surface area contributed by atoms with E-state index >= 15 is 0 Å². The predicted molar refractivity (Wildman–Crippen MR) is 108 cm³/mol. The van der Waals surface area contributed by atoms with Crippen molar-refractivity contribution in [3.8, 4) is 0 Å². The van der Waals surface area contributed by atoms with E-state index < -0.39 is 6.04 Å². The van der Waals surface area contributed by atoms with Crippen LogP contribution in [0.2, 0.25) is 0 Å². The van der Waals surface area contributed by atoms with Gasteiger partial charge in [0.25, 0.3) is 0 Å². The number of nitrogens with zero attached hydrogens (tertiary/aromatic N) is 2. The van der Waals surface area contributed by atoms with E-state index in [1.165, 1.54) is 5.56 Å². The normalized spacial score (nSPS) is 21.2. The van der Waals surface area contributed by atoms with Crippen LogP contribution in [0, 0.1) is 0 Å². The lowest BCUT2D eigenvalue weighted by molar-refractivity contribution is -0.139. The SMILES string of the molecule is CCOC(=O)C1=C(CN2CCN(C)CC2)NC(=O)NC1c1ccc(CC)cc1. The number of amides is 2. The molecule has 0 aliphatic carbocycles. The highest BCUT2D eigenvalue weighted by Crippen LogP contribution is 2.28. The lowest BCUT2D eigenvalue weighted by Gasteiger charge is -2.35. The van der Waals surface area contributed by atoms with E-state index in [1.807, 2.05) is 24.3 Å². The van der Waals surface area contributed by atoms with E-state index in [2.05, 4.69) is 34.4 Å². The Morgan fingerprint density at radius 2 is 1.82 bits per heavy atom. The first kappa shape index (κ1) is 20.4. The number of carbonyl (C=O) groups excluding carboxylic acids is 2. The second-order valence-electron chi connectivity index (χ2n) is 7.32. The molecule has 2 aliphatic rings. The maximum absolute atomic E-state index is 12.8. The topological polar surface area (TPSA) is 73.9 Å². The third-order valence-electron chi connectivity index (χ3n) is 5.35. The van der Waals surface area contributed by atoms with Gasteiger partial charge in [0.2, 0.25) is 0 Å². The molecule has 2 N–H and O–H groups in total. The van der Waals surface area contributed by atoms with Crippen LogP contribution in [-0.4, -0.2) is 68.2 Å². The second-order valence-corrected chi connectivity index (χ2v) is 7.32. The van der Waals surface area contributed by atoms with Crippen molar-refractivity contribution in [2.75, 3.05) is 46.4 Å². The number of piperazine rings is 1. The molecule has 0 radical (unpaired) electrons. The van der Waals surface area contributed by atoms with Crippen LogP contribution in [0.4, 0.5) is 4.79 Å². The molecule has 1 saturated heterocycles. The van der Waals surface area contributed by atoms with E-state index in [1.54, 1.807) is 6.92 Å².